The fourth-order valence-electron chi connectivity index (χ4n) is 2.85. The Morgan fingerprint density at radius 1 is 1.03 bits per heavy atom. The number of sulfone groups is 1. The molecule has 0 aliphatic carbocycles. The zero-order chi connectivity index (χ0) is 20.6. The zero-order valence-electron chi connectivity index (χ0n) is 15.3. The molecule has 0 fully saturated rings. The minimum Gasteiger partial charge on any atom is -0.507 e. The normalized spacial score (nSPS) is 11.5. The van der Waals surface area contributed by atoms with Crippen LogP contribution in [0.25, 0.3) is 20.8 Å². The molecule has 4 rings (SSSR count). The molecule has 0 radical (unpaired) electrons. The fourth-order valence-corrected chi connectivity index (χ4v) is 4.52. The van der Waals surface area contributed by atoms with E-state index in [1.165, 1.54) is 41.7 Å². The Kier molecular flexibility index (Phi) is 4.81. The molecule has 6 nitrogen and oxygen atoms in total. The summed E-state index contributed by atoms with van der Waals surface area (Å²) < 4.78 is 24.4. The second-order valence-corrected chi connectivity index (χ2v) is 9.52. The van der Waals surface area contributed by atoms with E-state index in [-0.39, 0.29) is 16.2 Å². The number of phenolic OH excluding ortho intramolecular Hbond substituents is 1. The lowest BCUT2D eigenvalue weighted by Crippen LogP contribution is -2.12. The van der Waals surface area contributed by atoms with E-state index >= 15 is 0 Å². The average molecular weight is 425 g/mol. The molecule has 1 amide bonds. The molecule has 0 unspecified atom stereocenters. The molecule has 8 heteroatoms. The van der Waals surface area contributed by atoms with Crippen molar-refractivity contribution in [1.29, 1.82) is 0 Å². The van der Waals surface area contributed by atoms with Crippen LogP contribution < -0.4 is 5.32 Å². The molecule has 146 valence electrons. The van der Waals surface area contributed by atoms with E-state index in [1.807, 2.05) is 24.3 Å². The van der Waals surface area contributed by atoms with Crippen molar-refractivity contribution in [2.24, 2.45) is 0 Å². The van der Waals surface area contributed by atoms with Gasteiger partial charge in [-0.15, -0.1) is 11.3 Å². The van der Waals surface area contributed by atoms with Crippen LogP contribution in [-0.4, -0.2) is 30.7 Å². The predicted octanol–water partition coefficient (Wildman–Crippen LogP) is 4.32. The van der Waals surface area contributed by atoms with Gasteiger partial charge in [-0.2, -0.15) is 0 Å². The smallest absolute Gasteiger partial charge is 0.255 e. The van der Waals surface area contributed by atoms with Gasteiger partial charge in [0.2, 0.25) is 0 Å². The summed E-state index contributed by atoms with van der Waals surface area (Å²) in [5, 5.41) is 13.8. The SMILES string of the molecule is CS(=O)(=O)c1cccc(C(=O)Nc2ccc(-c3nc4ccccc4s3)c(O)c2)c1. The molecule has 0 aliphatic heterocycles. The van der Waals surface area contributed by atoms with E-state index in [9.17, 15) is 18.3 Å². The van der Waals surface area contributed by atoms with Gasteiger partial charge in [0.25, 0.3) is 5.91 Å². The van der Waals surface area contributed by atoms with Gasteiger partial charge in [0.1, 0.15) is 10.8 Å². The second-order valence-electron chi connectivity index (χ2n) is 6.47. The Bertz CT molecular complexity index is 1310. The lowest BCUT2D eigenvalue weighted by atomic mass is 10.1. The number of carbonyl (C=O) groups is 1. The number of rotatable bonds is 4. The van der Waals surface area contributed by atoms with Crippen LogP contribution in [-0.2, 0) is 9.84 Å². The molecule has 2 N–H and O–H groups in total. The Hall–Kier alpha value is -3.23. The van der Waals surface area contributed by atoms with E-state index in [2.05, 4.69) is 10.3 Å². The van der Waals surface area contributed by atoms with Crippen LogP contribution in [0.3, 0.4) is 0 Å². The number of phenols is 1. The molecule has 1 aromatic heterocycles. The van der Waals surface area contributed by atoms with Gasteiger partial charge in [-0.1, -0.05) is 18.2 Å². The Morgan fingerprint density at radius 3 is 2.55 bits per heavy atom. The van der Waals surface area contributed by atoms with E-state index in [4.69, 9.17) is 0 Å². The van der Waals surface area contributed by atoms with Crippen LogP contribution in [0.15, 0.2) is 71.6 Å². The van der Waals surface area contributed by atoms with Gasteiger partial charge in [0.15, 0.2) is 9.84 Å². The number of benzene rings is 3. The molecule has 0 aliphatic rings. The Balaban J connectivity index is 1.59. The molecular formula is C21H16N2O4S2. The molecule has 0 atom stereocenters. The summed E-state index contributed by atoms with van der Waals surface area (Å²) in [5.74, 6) is -0.477. The van der Waals surface area contributed by atoms with Crippen molar-refractivity contribution < 1.29 is 18.3 Å². The number of aromatic nitrogens is 1. The summed E-state index contributed by atoms with van der Waals surface area (Å²) in [4.78, 5) is 17.1. The number of anilines is 1. The van der Waals surface area contributed by atoms with Crippen LogP contribution in [0.1, 0.15) is 10.4 Å². The second kappa shape index (κ2) is 7.31. The number of hydrogen-bond acceptors (Lipinski definition) is 6. The van der Waals surface area contributed by atoms with E-state index in [0.717, 1.165) is 16.5 Å². The summed E-state index contributed by atoms with van der Waals surface area (Å²) in [6.07, 6.45) is 1.09. The van der Waals surface area contributed by atoms with Crippen molar-refractivity contribution in [2.75, 3.05) is 11.6 Å². The molecule has 29 heavy (non-hydrogen) atoms. The molecule has 1 heterocycles. The molecule has 0 saturated heterocycles. The average Bonchev–Trinajstić information content (AvgIpc) is 3.11. The number of fused-ring (bicyclic) bond motifs is 1. The predicted molar refractivity (Wildman–Crippen MR) is 114 cm³/mol. The number of aromatic hydroxyl groups is 1. The summed E-state index contributed by atoms with van der Waals surface area (Å²) >= 11 is 1.47. The number of para-hydroxylation sites is 1. The van der Waals surface area contributed by atoms with Gasteiger partial charge in [-0.05, 0) is 42.5 Å². The number of amides is 1. The Labute approximate surface area is 171 Å². The molecular weight excluding hydrogens is 408 g/mol. The number of hydrogen-bond donors (Lipinski definition) is 2. The maximum Gasteiger partial charge on any atom is 0.255 e. The highest BCUT2D eigenvalue weighted by molar-refractivity contribution is 7.90. The highest BCUT2D eigenvalue weighted by Gasteiger charge is 2.14. The third-order valence-corrected chi connectivity index (χ3v) is 6.48. The first-order chi connectivity index (χ1) is 13.8. The van der Waals surface area contributed by atoms with Crippen molar-refractivity contribution in [2.45, 2.75) is 4.90 Å². The van der Waals surface area contributed by atoms with E-state index in [1.54, 1.807) is 12.1 Å². The Morgan fingerprint density at radius 2 is 1.83 bits per heavy atom. The number of thiazole rings is 1. The van der Waals surface area contributed by atoms with Crippen LogP contribution in [0.2, 0.25) is 0 Å². The minimum absolute atomic E-state index is 0.00765. The highest BCUT2D eigenvalue weighted by Crippen LogP contribution is 2.36. The largest absolute Gasteiger partial charge is 0.507 e. The van der Waals surface area contributed by atoms with Gasteiger partial charge in [0, 0.05) is 23.6 Å². The van der Waals surface area contributed by atoms with Crippen molar-refractivity contribution in [3.63, 3.8) is 0 Å². The third-order valence-electron chi connectivity index (χ3n) is 4.30. The van der Waals surface area contributed by atoms with E-state index < -0.39 is 15.7 Å². The zero-order valence-corrected chi connectivity index (χ0v) is 16.9. The van der Waals surface area contributed by atoms with Gasteiger partial charge in [-0.25, -0.2) is 13.4 Å². The van der Waals surface area contributed by atoms with Gasteiger partial charge in [0.05, 0.1) is 20.7 Å². The highest BCUT2D eigenvalue weighted by atomic mass is 32.2. The standard InChI is InChI=1S/C21H16N2O4S2/c1-29(26,27)15-6-4-5-13(11-15)20(25)22-14-9-10-16(18(24)12-14)21-23-17-7-2-3-8-19(17)28-21/h2-12,24H,1H3,(H,22,25). The minimum atomic E-state index is -3.41. The van der Waals surface area contributed by atoms with Crippen molar-refractivity contribution in [1.82, 2.24) is 4.98 Å². The third kappa shape index (κ3) is 3.98. The fraction of sp³-hybridized carbons (Fsp3) is 0.0476. The lowest BCUT2D eigenvalue weighted by molar-refractivity contribution is 0.102. The number of carbonyl (C=O) groups excluding carboxylic acids is 1. The topological polar surface area (TPSA) is 96.4 Å². The van der Waals surface area contributed by atoms with Crippen LogP contribution in [0, 0.1) is 0 Å². The maximum atomic E-state index is 12.5. The summed E-state index contributed by atoms with van der Waals surface area (Å²) in [7, 11) is -3.41. The molecule has 0 saturated carbocycles. The first-order valence-electron chi connectivity index (χ1n) is 8.62. The molecule has 4 aromatic rings. The number of nitrogens with one attached hydrogen (secondary N) is 1. The van der Waals surface area contributed by atoms with Gasteiger partial charge < -0.3 is 10.4 Å². The van der Waals surface area contributed by atoms with Gasteiger partial charge in [-0.3, -0.25) is 4.79 Å². The summed E-state index contributed by atoms with van der Waals surface area (Å²) in [5.41, 5.74) is 2.03. The molecule has 3 aromatic carbocycles. The van der Waals surface area contributed by atoms with Crippen molar-refractivity contribution in [3.8, 4) is 16.3 Å². The quantitative estimate of drug-likeness (QED) is 0.508. The van der Waals surface area contributed by atoms with Crippen molar-refractivity contribution in [3.05, 3.63) is 72.3 Å². The maximum absolute atomic E-state index is 12.5. The summed E-state index contributed by atoms with van der Waals surface area (Å²) in [6, 6.07) is 18.3. The lowest BCUT2D eigenvalue weighted by Gasteiger charge is -2.08. The van der Waals surface area contributed by atoms with Gasteiger partial charge >= 0.3 is 0 Å². The number of nitrogens with zero attached hydrogens (tertiary/aromatic N) is 1. The van der Waals surface area contributed by atoms with Crippen LogP contribution in [0.5, 0.6) is 5.75 Å². The van der Waals surface area contributed by atoms with Crippen LogP contribution >= 0.6 is 11.3 Å². The first-order valence-corrected chi connectivity index (χ1v) is 11.3. The molecule has 0 spiro atoms. The first kappa shape index (κ1) is 19.1. The molecule has 0 bridgehead atoms. The van der Waals surface area contributed by atoms with E-state index in [0.29, 0.717) is 16.3 Å². The van der Waals surface area contributed by atoms with Crippen molar-refractivity contribution >= 4 is 43.0 Å². The van der Waals surface area contributed by atoms with Crippen LogP contribution in [0.4, 0.5) is 5.69 Å². The summed E-state index contributed by atoms with van der Waals surface area (Å²) in [6.45, 7) is 0. The monoisotopic (exact) mass is 424 g/mol.